The third kappa shape index (κ3) is 4.23. The van der Waals surface area contributed by atoms with Crippen LogP contribution in [0, 0.1) is 0 Å². The van der Waals surface area contributed by atoms with Crippen molar-refractivity contribution in [3.8, 4) is 0 Å². The van der Waals surface area contributed by atoms with Crippen molar-refractivity contribution in [3.05, 3.63) is 35.9 Å². The lowest BCUT2D eigenvalue weighted by atomic mass is 9.87. The summed E-state index contributed by atoms with van der Waals surface area (Å²) in [7, 11) is 0. The van der Waals surface area contributed by atoms with E-state index < -0.39 is 0 Å². The predicted octanol–water partition coefficient (Wildman–Crippen LogP) is 3.36. The van der Waals surface area contributed by atoms with Gasteiger partial charge in [0.2, 0.25) is 0 Å². The molecule has 0 amide bonds. The molecule has 1 unspecified atom stereocenters. The molecule has 0 saturated heterocycles. The Bertz CT molecular complexity index is 273. The predicted molar refractivity (Wildman–Crippen MR) is 67.3 cm³/mol. The second kappa shape index (κ2) is 6.14. The first-order valence-electron chi connectivity index (χ1n) is 5.59. The van der Waals surface area contributed by atoms with Gasteiger partial charge in [-0.25, -0.2) is 0 Å². The molecular formula is C13H20ClN. The van der Waals surface area contributed by atoms with E-state index >= 15 is 0 Å². The van der Waals surface area contributed by atoms with Gasteiger partial charge >= 0.3 is 0 Å². The maximum absolute atomic E-state index is 6.27. The normalized spacial score (nSPS) is 14.9. The second-order valence-electron chi connectivity index (χ2n) is 4.14. The fraction of sp³-hybridized carbons (Fsp3) is 0.538. The number of rotatable bonds is 6. The Morgan fingerprint density at radius 1 is 1.20 bits per heavy atom. The van der Waals surface area contributed by atoms with E-state index in [4.69, 9.17) is 17.3 Å². The lowest BCUT2D eigenvalue weighted by molar-refractivity contribution is 0.369. The van der Waals surface area contributed by atoms with Crippen molar-refractivity contribution in [1.29, 1.82) is 0 Å². The van der Waals surface area contributed by atoms with Gasteiger partial charge in [-0.1, -0.05) is 37.3 Å². The van der Waals surface area contributed by atoms with Crippen LogP contribution in [0.5, 0.6) is 0 Å². The lowest BCUT2D eigenvalue weighted by Crippen LogP contribution is -2.40. The Morgan fingerprint density at radius 3 is 2.40 bits per heavy atom. The number of hydrogen-bond donors (Lipinski definition) is 1. The zero-order valence-corrected chi connectivity index (χ0v) is 10.1. The molecule has 0 aromatic heterocycles. The largest absolute Gasteiger partial charge is 0.325 e. The van der Waals surface area contributed by atoms with E-state index in [0.717, 1.165) is 25.7 Å². The van der Waals surface area contributed by atoms with Crippen LogP contribution in [0.25, 0.3) is 0 Å². The number of alkyl halides is 1. The first-order valence-corrected chi connectivity index (χ1v) is 6.12. The van der Waals surface area contributed by atoms with Gasteiger partial charge in [0.1, 0.15) is 0 Å². The van der Waals surface area contributed by atoms with Gasteiger partial charge in [0.05, 0.1) is 0 Å². The minimum atomic E-state index is -0.0857. The van der Waals surface area contributed by atoms with Gasteiger partial charge in [0.15, 0.2) is 0 Å². The van der Waals surface area contributed by atoms with Crippen molar-refractivity contribution in [3.63, 3.8) is 0 Å². The summed E-state index contributed by atoms with van der Waals surface area (Å²) in [4.78, 5) is 0. The molecular weight excluding hydrogens is 206 g/mol. The molecule has 0 aliphatic rings. The van der Waals surface area contributed by atoms with Gasteiger partial charge in [0.25, 0.3) is 0 Å². The van der Waals surface area contributed by atoms with Crippen LogP contribution < -0.4 is 5.73 Å². The van der Waals surface area contributed by atoms with Gasteiger partial charge in [-0.15, -0.1) is 11.6 Å². The molecule has 0 spiro atoms. The highest BCUT2D eigenvalue weighted by molar-refractivity contribution is 6.17. The van der Waals surface area contributed by atoms with E-state index in [9.17, 15) is 0 Å². The highest BCUT2D eigenvalue weighted by Gasteiger charge is 2.21. The summed E-state index contributed by atoms with van der Waals surface area (Å²) in [6.07, 6.45) is 3.95. The zero-order chi connectivity index (χ0) is 11.1. The summed E-state index contributed by atoms with van der Waals surface area (Å²) in [6.45, 7) is 2.14. The molecule has 1 rings (SSSR count). The highest BCUT2D eigenvalue weighted by Crippen LogP contribution is 2.20. The van der Waals surface area contributed by atoms with Crippen LogP contribution in [0.4, 0.5) is 0 Å². The molecule has 1 aromatic rings. The van der Waals surface area contributed by atoms with E-state index in [1.54, 1.807) is 0 Å². The molecule has 15 heavy (non-hydrogen) atoms. The molecule has 2 heteroatoms. The number of nitrogens with two attached hydrogens (primary N) is 1. The summed E-state index contributed by atoms with van der Waals surface area (Å²) < 4.78 is 0. The monoisotopic (exact) mass is 225 g/mol. The third-order valence-corrected chi connectivity index (χ3v) is 3.24. The van der Waals surface area contributed by atoms with Crippen LogP contribution in [0.3, 0.4) is 0 Å². The Labute approximate surface area is 97.6 Å². The van der Waals surface area contributed by atoms with Gasteiger partial charge in [0, 0.05) is 11.4 Å². The first kappa shape index (κ1) is 12.5. The molecule has 2 N–H and O–H groups in total. The van der Waals surface area contributed by atoms with E-state index in [-0.39, 0.29) is 5.54 Å². The average molecular weight is 226 g/mol. The van der Waals surface area contributed by atoms with Gasteiger partial charge in [-0.3, -0.25) is 0 Å². The quantitative estimate of drug-likeness (QED) is 0.739. The summed E-state index contributed by atoms with van der Waals surface area (Å²) in [5.41, 5.74) is 7.54. The first-order chi connectivity index (χ1) is 7.20. The Balaban J connectivity index is 2.47. The number of halogens is 1. The van der Waals surface area contributed by atoms with Crippen LogP contribution in [0.2, 0.25) is 0 Å². The van der Waals surface area contributed by atoms with Crippen molar-refractivity contribution in [2.45, 2.75) is 38.1 Å². The fourth-order valence-electron chi connectivity index (χ4n) is 1.70. The van der Waals surface area contributed by atoms with E-state index in [1.807, 2.05) is 6.07 Å². The maximum atomic E-state index is 6.27. The molecule has 0 saturated carbocycles. The summed E-state index contributed by atoms with van der Waals surface area (Å²) in [5, 5.41) is 0. The molecule has 0 heterocycles. The standard InChI is InChI=1S/C13H20ClN/c1-2-13(15,10-11-14)9-8-12-6-4-3-5-7-12/h3-7H,2,8-11,15H2,1H3. The Morgan fingerprint density at radius 2 is 1.87 bits per heavy atom. The number of aryl methyl sites for hydroxylation is 1. The molecule has 0 aliphatic heterocycles. The Hall–Kier alpha value is -0.530. The molecule has 1 nitrogen and oxygen atoms in total. The van der Waals surface area contributed by atoms with Crippen LogP contribution in [-0.2, 0) is 6.42 Å². The van der Waals surface area contributed by atoms with Crippen LogP contribution in [0.15, 0.2) is 30.3 Å². The second-order valence-corrected chi connectivity index (χ2v) is 4.52. The molecule has 0 bridgehead atoms. The van der Waals surface area contributed by atoms with Gasteiger partial charge in [-0.05, 0) is 31.2 Å². The molecule has 1 atom stereocenters. The highest BCUT2D eigenvalue weighted by atomic mass is 35.5. The minimum absolute atomic E-state index is 0.0857. The van der Waals surface area contributed by atoms with Crippen LogP contribution >= 0.6 is 11.6 Å². The molecule has 0 radical (unpaired) electrons. The number of benzene rings is 1. The fourth-order valence-corrected chi connectivity index (χ4v) is 2.08. The van der Waals surface area contributed by atoms with Crippen molar-refractivity contribution in [2.75, 3.05) is 5.88 Å². The Kier molecular flexibility index (Phi) is 5.13. The van der Waals surface area contributed by atoms with Crippen molar-refractivity contribution >= 4 is 11.6 Å². The molecule has 84 valence electrons. The van der Waals surface area contributed by atoms with Crippen LogP contribution in [-0.4, -0.2) is 11.4 Å². The zero-order valence-electron chi connectivity index (χ0n) is 9.38. The van der Waals surface area contributed by atoms with E-state index in [0.29, 0.717) is 5.88 Å². The van der Waals surface area contributed by atoms with Gasteiger partial charge < -0.3 is 5.73 Å². The molecule has 0 fully saturated rings. The summed E-state index contributed by atoms with van der Waals surface area (Å²) in [6, 6.07) is 10.5. The van der Waals surface area contributed by atoms with Crippen molar-refractivity contribution in [2.24, 2.45) is 5.73 Å². The third-order valence-electron chi connectivity index (χ3n) is 3.05. The van der Waals surface area contributed by atoms with E-state index in [2.05, 4.69) is 31.2 Å². The SMILES string of the molecule is CCC(N)(CCCl)CCc1ccccc1. The van der Waals surface area contributed by atoms with E-state index in [1.165, 1.54) is 5.56 Å². The van der Waals surface area contributed by atoms with Crippen LogP contribution in [0.1, 0.15) is 31.7 Å². The summed E-state index contributed by atoms with van der Waals surface area (Å²) in [5.74, 6) is 0.652. The van der Waals surface area contributed by atoms with Crippen molar-refractivity contribution in [1.82, 2.24) is 0 Å². The summed E-state index contributed by atoms with van der Waals surface area (Å²) >= 11 is 5.77. The average Bonchev–Trinajstić information content (AvgIpc) is 2.28. The van der Waals surface area contributed by atoms with Gasteiger partial charge in [-0.2, -0.15) is 0 Å². The van der Waals surface area contributed by atoms with Crippen molar-refractivity contribution < 1.29 is 0 Å². The minimum Gasteiger partial charge on any atom is -0.325 e. The lowest BCUT2D eigenvalue weighted by Gasteiger charge is -2.27. The number of hydrogen-bond acceptors (Lipinski definition) is 1. The molecule has 1 aromatic carbocycles. The maximum Gasteiger partial charge on any atom is 0.0240 e. The molecule has 0 aliphatic carbocycles. The smallest absolute Gasteiger partial charge is 0.0240 e. The topological polar surface area (TPSA) is 26.0 Å².